The number of aryl methyl sites for hydroxylation is 1. The third-order valence-corrected chi connectivity index (χ3v) is 5.99. The Bertz CT molecular complexity index is 937. The van der Waals surface area contributed by atoms with E-state index in [1.807, 2.05) is 0 Å². The molecule has 130 valence electrons. The Morgan fingerprint density at radius 1 is 1.00 bits per heavy atom. The van der Waals surface area contributed by atoms with Crippen molar-refractivity contribution in [3.8, 4) is 0 Å². The highest BCUT2D eigenvalue weighted by atomic mass is 32.2. The van der Waals surface area contributed by atoms with Gasteiger partial charge in [-0.1, -0.05) is 18.2 Å². The number of nitrogens with two attached hydrogens (primary N) is 2. The molecule has 2 aromatic rings. The molecule has 0 aliphatic rings. The summed E-state index contributed by atoms with van der Waals surface area (Å²) in [6, 6.07) is 10.7. The second kappa shape index (κ2) is 6.89. The summed E-state index contributed by atoms with van der Waals surface area (Å²) in [7, 11) is -7.39. The van der Waals surface area contributed by atoms with Crippen LogP contribution >= 0.6 is 0 Å². The van der Waals surface area contributed by atoms with Crippen molar-refractivity contribution >= 4 is 25.7 Å². The van der Waals surface area contributed by atoms with Crippen LogP contribution < -0.4 is 15.6 Å². The van der Waals surface area contributed by atoms with Gasteiger partial charge in [-0.25, -0.2) is 26.7 Å². The number of rotatable bonds is 6. The molecule has 24 heavy (non-hydrogen) atoms. The van der Waals surface area contributed by atoms with E-state index < -0.39 is 20.0 Å². The fraction of sp³-hybridized carbons (Fsp3) is 0.200. The number of hydrogen-bond acceptors (Lipinski definition) is 5. The van der Waals surface area contributed by atoms with Crippen molar-refractivity contribution < 1.29 is 16.8 Å². The molecule has 0 amide bonds. The molecular weight excluding hydrogens is 350 g/mol. The van der Waals surface area contributed by atoms with Crippen molar-refractivity contribution in [3.05, 3.63) is 53.6 Å². The summed E-state index contributed by atoms with van der Waals surface area (Å²) in [6.07, 6.45) is 0.408. The monoisotopic (exact) mass is 369 g/mol. The summed E-state index contributed by atoms with van der Waals surface area (Å²) in [5.74, 6) is 0. The van der Waals surface area contributed by atoms with Crippen molar-refractivity contribution in [1.82, 2.24) is 4.72 Å². The van der Waals surface area contributed by atoms with Gasteiger partial charge in [0.25, 0.3) is 0 Å². The van der Waals surface area contributed by atoms with E-state index >= 15 is 0 Å². The summed E-state index contributed by atoms with van der Waals surface area (Å²) in [6.45, 7) is 1.87. The van der Waals surface area contributed by atoms with Gasteiger partial charge in [-0.2, -0.15) is 0 Å². The van der Waals surface area contributed by atoms with Crippen LogP contribution in [0.2, 0.25) is 0 Å². The SMILES string of the molecule is Cc1ccc(N)cc1S(=O)(=O)NCCc1ccc(S(N)(=O)=O)cc1. The third-order valence-electron chi connectivity index (χ3n) is 3.46. The van der Waals surface area contributed by atoms with Crippen molar-refractivity contribution in [3.63, 3.8) is 0 Å². The Balaban J connectivity index is 2.04. The molecule has 0 saturated heterocycles. The van der Waals surface area contributed by atoms with Gasteiger partial charge in [-0.05, 0) is 48.7 Å². The lowest BCUT2D eigenvalue weighted by atomic mass is 10.2. The predicted molar refractivity (Wildman–Crippen MR) is 92.3 cm³/mol. The smallest absolute Gasteiger partial charge is 0.240 e. The van der Waals surface area contributed by atoms with Gasteiger partial charge in [0.2, 0.25) is 20.0 Å². The molecule has 0 aliphatic heterocycles. The predicted octanol–water partition coefficient (Wildman–Crippen LogP) is 0.746. The Hall–Kier alpha value is -1.94. The molecule has 9 heteroatoms. The zero-order valence-electron chi connectivity index (χ0n) is 13.1. The molecule has 0 spiro atoms. The summed E-state index contributed by atoms with van der Waals surface area (Å²) in [5, 5.41) is 5.03. The number of primary sulfonamides is 1. The molecule has 0 atom stereocenters. The maximum absolute atomic E-state index is 12.3. The Kier molecular flexibility index (Phi) is 5.29. The molecule has 0 fully saturated rings. The van der Waals surface area contributed by atoms with Gasteiger partial charge in [-0.3, -0.25) is 0 Å². The van der Waals surface area contributed by atoms with Crippen molar-refractivity contribution in [2.24, 2.45) is 5.14 Å². The second-order valence-corrected chi connectivity index (χ2v) is 8.66. The molecule has 0 heterocycles. The molecule has 2 rings (SSSR count). The lowest BCUT2D eigenvalue weighted by Gasteiger charge is -2.10. The molecule has 7 nitrogen and oxygen atoms in total. The van der Waals surface area contributed by atoms with Crippen LogP contribution in [0.25, 0.3) is 0 Å². The van der Waals surface area contributed by atoms with Crippen LogP contribution in [0.1, 0.15) is 11.1 Å². The molecule has 0 aliphatic carbocycles. The Labute approximate surface area is 141 Å². The van der Waals surface area contributed by atoms with E-state index in [0.717, 1.165) is 5.56 Å². The number of hydrogen-bond donors (Lipinski definition) is 3. The van der Waals surface area contributed by atoms with Crippen molar-refractivity contribution in [1.29, 1.82) is 0 Å². The minimum absolute atomic E-state index is 0.0159. The van der Waals surface area contributed by atoms with Gasteiger partial charge < -0.3 is 5.73 Å². The zero-order valence-corrected chi connectivity index (χ0v) is 14.7. The Morgan fingerprint density at radius 2 is 1.62 bits per heavy atom. The van der Waals surface area contributed by atoms with Gasteiger partial charge >= 0.3 is 0 Å². The van der Waals surface area contributed by atoms with Crippen LogP contribution in [0.15, 0.2) is 52.3 Å². The van der Waals surface area contributed by atoms with E-state index in [9.17, 15) is 16.8 Å². The minimum Gasteiger partial charge on any atom is -0.399 e. The van der Waals surface area contributed by atoms with Crippen LogP contribution in [-0.2, 0) is 26.5 Å². The first-order chi connectivity index (χ1) is 11.1. The van der Waals surface area contributed by atoms with Gasteiger partial charge in [-0.15, -0.1) is 0 Å². The van der Waals surface area contributed by atoms with Crippen LogP contribution in [-0.4, -0.2) is 23.4 Å². The van der Waals surface area contributed by atoms with Crippen LogP contribution in [0.4, 0.5) is 5.69 Å². The molecule has 0 unspecified atom stereocenters. The van der Waals surface area contributed by atoms with Gasteiger partial charge in [0.1, 0.15) is 0 Å². The number of anilines is 1. The summed E-state index contributed by atoms with van der Waals surface area (Å²) >= 11 is 0. The number of nitrogen functional groups attached to an aromatic ring is 1. The quantitative estimate of drug-likeness (QED) is 0.646. The molecule has 5 N–H and O–H groups in total. The summed E-state index contributed by atoms with van der Waals surface area (Å²) in [4.78, 5) is 0.161. The maximum atomic E-state index is 12.3. The van der Waals surface area contributed by atoms with E-state index in [4.69, 9.17) is 10.9 Å². The highest BCUT2D eigenvalue weighted by molar-refractivity contribution is 7.89. The van der Waals surface area contributed by atoms with Crippen LogP contribution in [0.5, 0.6) is 0 Å². The molecule has 2 aromatic carbocycles. The van der Waals surface area contributed by atoms with E-state index in [1.54, 1.807) is 31.2 Å². The fourth-order valence-corrected chi connectivity index (χ4v) is 3.98. The first-order valence-electron chi connectivity index (χ1n) is 7.07. The first kappa shape index (κ1) is 18.4. The normalized spacial score (nSPS) is 12.2. The number of sulfonamides is 2. The molecule has 0 bridgehead atoms. The van der Waals surface area contributed by atoms with E-state index in [-0.39, 0.29) is 16.3 Å². The van der Waals surface area contributed by atoms with Gasteiger partial charge in [0, 0.05) is 12.2 Å². The topological polar surface area (TPSA) is 132 Å². The molecule has 0 saturated carbocycles. The first-order valence-corrected chi connectivity index (χ1v) is 10.1. The third kappa shape index (κ3) is 4.54. The highest BCUT2D eigenvalue weighted by Crippen LogP contribution is 2.18. The minimum atomic E-state index is -3.73. The van der Waals surface area contributed by atoms with E-state index in [0.29, 0.717) is 17.7 Å². The standard InChI is InChI=1S/C15H19N3O4S2/c1-11-2-5-13(16)10-15(11)24(21,22)18-9-8-12-3-6-14(7-4-12)23(17,19)20/h2-7,10,18H,8-9,16H2,1H3,(H2,17,19,20). The zero-order chi connectivity index (χ0) is 18.0. The van der Waals surface area contributed by atoms with Gasteiger partial charge in [0.05, 0.1) is 9.79 Å². The van der Waals surface area contributed by atoms with Crippen molar-refractivity contribution in [2.75, 3.05) is 12.3 Å². The average molecular weight is 369 g/mol. The lowest BCUT2D eigenvalue weighted by Crippen LogP contribution is -2.26. The highest BCUT2D eigenvalue weighted by Gasteiger charge is 2.16. The number of benzene rings is 2. The average Bonchev–Trinajstić information content (AvgIpc) is 2.49. The van der Waals surface area contributed by atoms with E-state index in [1.165, 1.54) is 18.2 Å². The lowest BCUT2D eigenvalue weighted by molar-refractivity contribution is 0.581. The van der Waals surface area contributed by atoms with Crippen LogP contribution in [0.3, 0.4) is 0 Å². The molecule has 0 aromatic heterocycles. The Morgan fingerprint density at radius 3 is 2.21 bits per heavy atom. The van der Waals surface area contributed by atoms with E-state index in [2.05, 4.69) is 4.72 Å². The second-order valence-electron chi connectivity index (χ2n) is 5.36. The number of nitrogens with one attached hydrogen (secondary N) is 1. The fourth-order valence-electron chi connectivity index (χ4n) is 2.16. The molecule has 0 radical (unpaired) electrons. The largest absolute Gasteiger partial charge is 0.399 e. The molecular formula is C15H19N3O4S2. The van der Waals surface area contributed by atoms with Crippen LogP contribution in [0, 0.1) is 6.92 Å². The van der Waals surface area contributed by atoms with Crippen molar-refractivity contribution in [2.45, 2.75) is 23.1 Å². The summed E-state index contributed by atoms with van der Waals surface area (Å²) in [5.41, 5.74) is 7.41. The maximum Gasteiger partial charge on any atom is 0.240 e. The summed E-state index contributed by atoms with van der Waals surface area (Å²) < 4.78 is 49.5. The van der Waals surface area contributed by atoms with Gasteiger partial charge in [0.15, 0.2) is 0 Å².